The Hall–Kier alpha value is -3.82. The zero-order valence-electron chi connectivity index (χ0n) is 21.7. The highest BCUT2D eigenvalue weighted by Gasteiger charge is 2.47. The van der Waals surface area contributed by atoms with E-state index in [1.165, 1.54) is 6.07 Å². The van der Waals surface area contributed by atoms with Gasteiger partial charge in [0.2, 0.25) is 5.43 Å². The molecule has 1 fully saturated rings. The molecule has 3 atom stereocenters. The summed E-state index contributed by atoms with van der Waals surface area (Å²) in [6, 6.07) is 18.5. The largest absolute Gasteiger partial charge is 0.482 e. The Morgan fingerprint density at radius 1 is 1.05 bits per heavy atom. The van der Waals surface area contributed by atoms with Crippen LogP contribution < -0.4 is 15.2 Å². The summed E-state index contributed by atoms with van der Waals surface area (Å²) in [5.41, 5.74) is 3.27. The third-order valence-electron chi connectivity index (χ3n) is 7.91. The van der Waals surface area contributed by atoms with Gasteiger partial charge in [-0.05, 0) is 28.3 Å². The zero-order valence-corrected chi connectivity index (χ0v) is 22.6. The van der Waals surface area contributed by atoms with Crippen molar-refractivity contribution in [1.82, 2.24) is 9.58 Å². The Labute approximate surface area is 235 Å². The van der Waals surface area contributed by atoms with Crippen molar-refractivity contribution in [2.24, 2.45) is 0 Å². The lowest BCUT2D eigenvalue weighted by Gasteiger charge is -2.52. The fraction of sp³-hybridized carbons (Fsp3) is 0.290. The van der Waals surface area contributed by atoms with Crippen molar-refractivity contribution in [2.45, 2.75) is 36.3 Å². The molecule has 1 aromatic heterocycles. The molecule has 0 N–H and O–H groups in total. The lowest BCUT2D eigenvalue weighted by Crippen LogP contribution is -2.66. The summed E-state index contributed by atoms with van der Waals surface area (Å²) in [6.07, 6.45) is 4.16. The summed E-state index contributed by atoms with van der Waals surface area (Å²) in [5.74, 6) is 0.355. The van der Waals surface area contributed by atoms with Crippen molar-refractivity contribution in [2.75, 3.05) is 30.5 Å². The van der Waals surface area contributed by atoms with Crippen LogP contribution in [0.15, 0.2) is 99.8 Å². The Morgan fingerprint density at radius 2 is 1.88 bits per heavy atom. The predicted octanol–water partition coefficient (Wildman–Crippen LogP) is 4.62. The first-order valence-corrected chi connectivity index (χ1v) is 14.5. The summed E-state index contributed by atoms with van der Waals surface area (Å²) in [7, 11) is 0. The standard InChI is InChI=1S/C31H28FN3O4S/c32-23-11-6-9-21-19-40-25-12-5-4-10-22(25)28(27(21)23)35-26-18-38-16-15-33(26)31(37)29-30(24(36)13-14-34(29)35)39-17-20-7-2-1-3-8-20/h1-10,12-14,23,26,28H,11,15-19H2/t23?,26-,28-/m1/s1. The van der Waals surface area contributed by atoms with Gasteiger partial charge in [-0.15, -0.1) is 11.8 Å². The molecule has 0 radical (unpaired) electrons. The molecular formula is C31H28FN3O4S. The van der Waals surface area contributed by atoms with Gasteiger partial charge in [0.05, 0.1) is 19.3 Å². The Kier molecular flexibility index (Phi) is 6.48. The molecule has 1 amide bonds. The molecule has 0 saturated carbocycles. The van der Waals surface area contributed by atoms with Gasteiger partial charge in [-0.25, -0.2) is 4.39 Å². The minimum Gasteiger partial charge on any atom is -0.482 e. The zero-order chi connectivity index (χ0) is 27.2. The Bertz CT molecular complexity index is 1590. The summed E-state index contributed by atoms with van der Waals surface area (Å²) in [6.45, 7) is 1.14. The van der Waals surface area contributed by atoms with Crippen molar-refractivity contribution < 1.29 is 18.7 Å². The van der Waals surface area contributed by atoms with Crippen molar-refractivity contribution >= 4 is 17.7 Å². The topological polar surface area (TPSA) is 64.0 Å². The van der Waals surface area contributed by atoms with Gasteiger partial charge in [-0.2, -0.15) is 0 Å². The molecule has 1 saturated heterocycles. The molecule has 7 rings (SSSR count). The quantitative estimate of drug-likeness (QED) is 0.467. The number of hydrogen-bond acceptors (Lipinski definition) is 6. The van der Waals surface area contributed by atoms with Crippen molar-refractivity contribution in [3.8, 4) is 5.75 Å². The second-order valence-corrected chi connectivity index (χ2v) is 11.2. The van der Waals surface area contributed by atoms with Gasteiger partial charge < -0.3 is 14.4 Å². The highest BCUT2D eigenvalue weighted by molar-refractivity contribution is 7.99. The van der Waals surface area contributed by atoms with Crippen LogP contribution in [0.2, 0.25) is 0 Å². The third-order valence-corrected chi connectivity index (χ3v) is 9.05. The molecule has 4 aliphatic rings. The van der Waals surface area contributed by atoms with Crippen LogP contribution >= 0.6 is 11.8 Å². The maximum atomic E-state index is 16.0. The number of pyridine rings is 1. The van der Waals surface area contributed by atoms with Gasteiger partial charge in [-0.3, -0.25) is 19.3 Å². The van der Waals surface area contributed by atoms with Crippen LogP contribution in [0.1, 0.15) is 34.1 Å². The number of carbonyl (C=O) groups is 1. The van der Waals surface area contributed by atoms with E-state index in [1.807, 2.05) is 65.7 Å². The molecule has 0 spiro atoms. The van der Waals surface area contributed by atoms with Gasteiger partial charge in [0.15, 0.2) is 11.4 Å². The van der Waals surface area contributed by atoms with Crippen LogP contribution in [-0.4, -0.2) is 53.3 Å². The predicted molar refractivity (Wildman–Crippen MR) is 151 cm³/mol. The fourth-order valence-electron chi connectivity index (χ4n) is 6.07. The number of alkyl halides is 1. The fourth-order valence-corrected chi connectivity index (χ4v) is 7.16. The molecule has 3 aromatic rings. The van der Waals surface area contributed by atoms with Crippen molar-refractivity contribution in [3.63, 3.8) is 0 Å². The highest BCUT2D eigenvalue weighted by atomic mass is 32.2. The van der Waals surface area contributed by atoms with Crippen LogP contribution in [0.25, 0.3) is 0 Å². The van der Waals surface area contributed by atoms with Crippen LogP contribution in [0, 0.1) is 0 Å². The second-order valence-electron chi connectivity index (χ2n) is 10.2. The lowest BCUT2D eigenvalue weighted by atomic mass is 9.86. The first-order chi connectivity index (χ1) is 19.6. The van der Waals surface area contributed by atoms with E-state index in [0.717, 1.165) is 21.6 Å². The first kappa shape index (κ1) is 25.2. The molecule has 1 aliphatic carbocycles. The lowest BCUT2D eigenvalue weighted by molar-refractivity contribution is -0.0204. The number of ether oxygens (including phenoxy) is 2. The average molecular weight is 558 g/mol. The number of fused-ring (bicyclic) bond motifs is 3. The number of carbonyl (C=O) groups excluding carboxylic acids is 1. The van der Waals surface area contributed by atoms with E-state index in [9.17, 15) is 9.59 Å². The number of rotatable bonds is 4. The number of hydrogen-bond donors (Lipinski definition) is 0. The van der Waals surface area contributed by atoms with Gasteiger partial charge >= 0.3 is 0 Å². The molecule has 2 aromatic carbocycles. The van der Waals surface area contributed by atoms with E-state index in [2.05, 4.69) is 6.07 Å². The molecule has 0 bridgehead atoms. The Morgan fingerprint density at radius 3 is 2.75 bits per heavy atom. The summed E-state index contributed by atoms with van der Waals surface area (Å²) >= 11 is 1.69. The van der Waals surface area contributed by atoms with Crippen LogP contribution in [0.3, 0.4) is 0 Å². The van der Waals surface area contributed by atoms with E-state index < -0.39 is 18.4 Å². The van der Waals surface area contributed by atoms with Crippen molar-refractivity contribution in [3.05, 3.63) is 117 Å². The highest BCUT2D eigenvalue weighted by Crippen LogP contribution is 2.46. The Balaban J connectivity index is 1.44. The average Bonchev–Trinajstić information content (AvgIpc) is 3.15. The van der Waals surface area contributed by atoms with Gasteiger partial charge in [-0.1, -0.05) is 60.7 Å². The third kappa shape index (κ3) is 4.15. The molecule has 1 unspecified atom stereocenters. The maximum Gasteiger partial charge on any atom is 0.278 e. The summed E-state index contributed by atoms with van der Waals surface area (Å²) in [4.78, 5) is 30.0. The summed E-state index contributed by atoms with van der Waals surface area (Å²) < 4.78 is 29.7. The normalized spacial score (nSPS) is 23.6. The number of halogens is 1. The first-order valence-electron chi connectivity index (χ1n) is 13.5. The molecule has 40 heavy (non-hydrogen) atoms. The minimum absolute atomic E-state index is 0.00267. The number of thioether (sulfide) groups is 1. The molecular weight excluding hydrogens is 529 g/mol. The van der Waals surface area contributed by atoms with E-state index in [0.29, 0.717) is 30.9 Å². The molecule has 4 heterocycles. The molecule has 7 nitrogen and oxygen atoms in total. The number of allylic oxidation sites excluding steroid dienone is 2. The molecule has 9 heteroatoms. The molecule has 204 valence electrons. The van der Waals surface area contributed by atoms with Gasteiger partial charge in [0.1, 0.15) is 18.9 Å². The van der Waals surface area contributed by atoms with Gasteiger partial charge in [0.25, 0.3) is 5.91 Å². The number of amides is 1. The van der Waals surface area contributed by atoms with E-state index >= 15 is 4.39 Å². The smallest absolute Gasteiger partial charge is 0.278 e. The SMILES string of the molecule is O=C1c2c(OCc3ccccc3)c(=O)ccn2N([C@H]2C3=C(C=CCC3F)CSc3ccccc32)[C@@H]2COCCN12. The van der Waals surface area contributed by atoms with Crippen LogP contribution in [0.4, 0.5) is 4.39 Å². The monoisotopic (exact) mass is 557 g/mol. The van der Waals surface area contributed by atoms with E-state index in [1.54, 1.807) is 27.5 Å². The van der Waals surface area contributed by atoms with Crippen molar-refractivity contribution in [1.29, 1.82) is 0 Å². The number of benzene rings is 2. The summed E-state index contributed by atoms with van der Waals surface area (Å²) in [5, 5.41) is 2.02. The van der Waals surface area contributed by atoms with Crippen LogP contribution in [-0.2, 0) is 11.3 Å². The number of nitrogens with zero attached hydrogens (tertiary/aromatic N) is 3. The van der Waals surface area contributed by atoms with Crippen LogP contribution in [0.5, 0.6) is 5.75 Å². The maximum absolute atomic E-state index is 16.0. The number of aromatic nitrogens is 1. The van der Waals surface area contributed by atoms with E-state index in [4.69, 9.17) is 9.47 Å². The number of morpholine rings is 1. The molecule has 3 aliphatic heterocycles. The second kappa shape index (κ2) is 10.3. The minimum atomic E-state index is -1.18. The van der Waals surface area contributed by atoms with Gasteiger partial charge in [0, 0.05) is 35.9 Å². The van der Waals surface area contributed by atoms with E-state index in [-0.39, 0.29) is 36.0 Å².